The minimum atomic E-state index is -3.31. The van der Waals surface area contributed by atoms with Gasteiger partial charge in [-0.05, 0) is 65.4 Å². The van der Waals surface area contributed by atoms with E-state index in [9.17, 15) is 8.42 Å². The number of nitrogens with zero attached hydrogens (tertiary/aromatic N) is 1. The molecule has 1 heterocycles. The van der Waals surface area contributed by atoms with Gasteiger partial charge in [-0.2, -0.15) is 5.10 Å². The number of hydrogen-bond donors (Lipinski definition) is 2. The van der Waals surface area contributed by atoms with E-state index in [-0.39, 0.29) is 0 Å². The predicted molar refractivity (Wildman–Crippen MR) is 128 cm³/mol. The van der Waals surface area contributed by atoms with E-state index in [4.69, 9.17) is 0 Å². The molecule has 0 aliphatic heterocycles. The van der Waals surface area contributed by atoms with Gasteiger partial charge in [0.2, 0.25) is 10.0 Å². The standard InChI is InChI=1S/C25H23N3O2S/c1-16-24(17-11-13-19(14-12-17)28-31(2,29)30)25(27-26-16)23-15-18-7-3-4-8-20(18)21-9-5-6-10-22(21)23/h3-4,6-8,10-15,28H,5,9H2,1-2H3,(H,26,27). The van der Waals surface area contributed by atoms with Crippen LogP contribution in [0.3, 0.4) is 0 Å². The Kier molecular flexibility index (Phi) is 4.67. The zero-order chi connectivity index (χ0) is 21.6. The molecule has 0 fully saturated rings. The maximum absolute atomic E-state index is 11.5. The van der Waals surface area contributed by atoms with E-state index < -0.39 is 10.0 Å². The minimum absolute atomic E-state index is 0.542. The van der Waals surface area contributed by atoms with E-state index in [0.29, 0.717) is 5.69 Å². The Morgan fingerprint density at radius 3 is 2.61 bits per heavy atom. The van der Waals surface area contributed by atoms with Gasteiger partial charge in [-0.25, -0.2) is 8.42 Å². The van der Waals surface area contributed by atoms with Crippen molar-refractivity contribution >= 4 is 32.6 Å². The molecule has 156 valence electrons. The number of anilines is 1. The Balaban J connectivity index is 1.68. The summed E-state index contributed by atoms with van der Waals surface area (Å²) in [7, 11) is -3.31. The van der Waals surface area contributed by atoms with Gasteiger partial charge in [-0.15, -0.1) is 0 Å². The third-order valence-electron chi connectivity index (χ3n) is 5.73. The lowest BCUT2D eigenvalue weighted by Crippen LogP contribution is -2.09. The first-order valence-electron chi connectivity index (χ1n) is 10.3. The Morgan fingerprint density at radius 1 is 1.06 bits per heavy atom. The van der Waals surface area contributed by atoms with Crippen molar-refractivity contribution in [2.45, 2.75) is 19.8 Å². The fraction of sp³-hybridized carbons (Fsp3) is 0.160. The topological polar surface area (TPSA) is 74.8 Å². The summed E-state index contributed by atoms with van der Waals surface area (Å²) < 4.78 is 25.6. The Morgan fingerprint density at radius 2 is 1.84 bits per heavy atom. The van der Waals surface area contributed by atoms with Crippen LogP contribution in [-0.4, -0.2) is 24.9 Å². The quantitative estimate of drug-likeness (QED) is 0.447. The number of allylic oxidation sites excluding steroid dienone is 1. The number of fused-ring (bicyclic) bond motifs is 3. The molecule has 0 unspecified atom stereocenters. The van der Waals surface area contributed by atoms with Crippen LogP contribution in [0.4, 0.5) is 5.69 Å². The average molecular weight is 430 g/mol. The molecule has 31 heavy (non-hydrogen) atoms. The number of rotatable bonds is 4. The lowest BCUT2D eigenvalue weighted by atomic mass is 9.85. The highest BCUT2D eigenvalue weighted by Crippen LogP contribution is 2.40. The molecule has 3 aromatic carbocycles. The monoisotopic (exact) mass is 429 g/mol. The summed E-state index contributed by atoms with van der Waals surface area (Å²) >= 11 is 0. The predicted octanol–water partition coefficient (Wildman–Crippen LogP) is 5.54. The lowest BCUT2D eigenvalue weighted by Gasteiger charge is -2.18. The Bertz CT molecular complexity index is 1430. The third kappa shape index (κ3) is 3.64. The van der Waals surface area contributed by atoms with E-state index >= 15 is 0 Å². The summed E-state index contributed by atoms with van der Waals surface area (Å²) in [5.74, 6) is 0. The summed E-state index contributed by atoms with van der Waals surface area (Å²) in [5, 5.41) is 10.4. The molecule has 1 aromatic heterocycles. The van der Waals surface area contributed by atoms with Gasteiger partial charge >= 0.3 is 0 Å². The highest BCUT2D eigenvalue weighted by Gasteiger charge is 2.21. The molecule has 5 nitrogen and oxygen atoms in total. The number of H-pyrrole nitrogens is 1. The number of sulfonamides is 1. The fourth-order valence-electron chi connectivity index (χ4n) is 4.42. The van der Waals surface area contributed by atoms with Crippen LogP contribution < -0.4 is 4.72 Å². The van der Waals surface area contributed by atoms with Gasteiger partial charge in [-0.3, -0.25) is 9.82 Å². The molecule has 0 spiro atoms. The van der Waals surface area contributed by atoms with Crippen LogP contribution in [0.15, 0.2) is 60.7 Å². The molecule has 0 atom stereocenters. The number of aromatic nitrogens is 2. The first-order chi connectivity index (χ1) is 14.9. The molecule has 2 N–H and O–H groups in total. The molecular formula is C25H23N3O2S. The van der Waals surface area contributed by atoms with Crippen molar-refractivity contribution in [1.82, 2.24) is 10.2 Å². The highest BCUT2D eigenvalue weighted by atomic mass is 32.2. The van der Waals surface area contributed by atoms with Crippen molar-refractivity contribution in [2.24, 2.45) is 0 Å². The number of benzene rings is 3. The van der Waals surface area contributed by atoms with Gasteiger partial charge < -0.3 is 0 Å². The fourth-order valence-corrected chi connectivity index (χ4v) is 4.98. The molecule has 6 heteroatoms. The largest absolute Gasteiger partial charge is 0.284 e. The van der Waals surface area contributed by atoms with E-state index in [2.05, 4.69) is 57.4 Å². The molecule has 0 radical (unpaired) electrons. The normalized spacial score (nSPS) is 13.4. The molecule has 5 rings (SSSR count). The summed E-state index contributed by atoms with van der Waals surface area (Å²) in [6.07, 6.45) is 7.65. The lowest BCUT2D eigenvalue weighted by molar-refractivity contribution is 0.607. The number of nitrogens with one attached hydrogen (secondary N) is 2. The van der Waals surface area contributed by atoms with Crippen LogP contribution >= 0.6 is 0 Å². The summed E-state index contributed by atoms with van der Waals surface area (Å²) in [4.78, 5) is 0. The van der Waals surface area contributed by atoms with Crippen LogP contribution in [-0.2, 0) is 16.4 Å². The van der Waals surface area contributed by atoms with Crippen LogP contribution in [0.2, 0.25) is 0 Å². The van der Waals surface area contributed by atoms with Crippen LogP contribution in [0.1, 0.15) is 23.2 Å². The molecule has 0 bridgehead atoms. The van der Waals surface area contributed by atoms with Crippen LogP contribution in [0.5, 0.6) is 0 Å². The van der Waals surface area contributed by atoms with Crippen molar-refractivity contribution in [2.75, 3.05) is 11.0 Å². The second kappa shape index (κ2) is 7.39. The molecule has 0 saturated heterocycles. The maximum Gasteiger partial charge on any atom is 0.229 e. The van der Waals surface area contributed by atoms with E-state index in [1.54, 1.807) is 12.1 Å². The molecule has 1 aliphatic rings. The molecular weight excluding hydrogens is 406 g/mol. The molecule has 4 aromatic rings. The molecule has 0 amide bonds. The van der Waals surface area contributed by atoms with Crippen molar-refractivity contribution in [3.05, 3.63) is 77.5 Å². The smallest absolute Gasteiger partial charge is 0.229 e. The Hall–Kier alpha value is -3.38. The van der Waals surface area contributed by atoms with Crippen molar-refractivity contribution in [3.63, 3.8) is 0 Å². The summed E-state index contributed by atoms with van der Waals surface area (Å²) in [5.41, 5.74) is 8.16. The summed E-state index contributed by atoms with van der Waals surface area (Å²) in [6, 6.07) is 18.2. The van der Waals surface area contributed by atoms with E-state index in [0.717, 1.165) is 47.2 Å². The van der Waals surface area contributed by atoms with Crippen molar-refractivity contribution < 1.29 is 8.42 Å². The van der Waals surface area contributed by atoms with Gasteiger partial charge in [0.05, 0.1) is 6.26 Å². The van der Waals surface area contributed by atoms with Gasteiger partial charge in [0.1, 0.15) is 5.69 Å². The van der Waals surface area contributed by atoms with Gasteiger partial charge in [0.15, 0.2) is 0 Å². The second-order valence-corrected chi connectivity index (χ2v) is 9.75. The number of aryl methyl sites for hydroxylation is 2. The highest BCUT2D eigenvalue weighted by molar-refractivity contribution is 7.92. The summed E-state index contributed by atoms with van der Waals surface area (Å²) in [6.45, 7) is 2.01. The van der Waals surface area contributed by atoms with E-state index in [1.807, 2.05) is 19.1 Å². The van der Waals surface area contributed by atoms with Crippen molar-refractivity contribution in [1.29, 1.82) is 0 Å². The molecule has 1 aliphatic carbocycles. The second-order valence-electron chi connectivity index (χ2n) is 8.00. The van der Waals surface area contributed by atoms with Crippen molar-refractivity contribution in [3.8, 4) is 22.4 Å². The third-order valence-corrected chi connectivity index (χ3v) is 6.33. The zero-order valence-electron chi connectivity index (χ0n) is 17.4. The number of hydrogen-bond acceptors (Lipinski definition) is 3. The zero-order valence-corrected chi connectivity index (χ0v) is 18.3. The Labute approximate surface area is 181 Å². The van der Waals surface area contributed by atoms with Gasteiger partial charge in [0, 0.05) is 22.5 Å². The number of aromatic amines is 1. The van der Waals surface area contributed by atoms with Gasteiger partial charge in [-0.1, -0.05) is 48.6 Å². The van der Waals surface area contributed by atoms with E-state index in [1.165, 1.54) is 21.9 Å². The average Bonchev–Trinajstić information content (AvgIpc) is 3.14. The van der Waals surface area contributed by atoms with Gasteiger partial charge in [0.25, 0.3) is 0 Å². The first-order valence-corrected chi connectivity index (χ1v) is 12.1. The van der Waals surface area contributed by atoms with Crippen LogP contribution in [0.25, 0.3) is 39.2 Å². The maximum atomic E-state index is 11.5. The first kappa shape index (κ1) is 19.6. The SMILES string of the molecule is Cc1[nH]nc(-c2cc3ccccc3c3c2C=CCC3)c1-c1ccc(NS(C)(=O)=O)cc1. The van der Waals surface area contributed by atoms with Crippen LogP contribution in [0, 0.1) is 6.92 Å². The minimum Gasteiger partial charge on any atom is -0.284 e. The molecule has 0 saturated carbocycles.